The molecule has 0 aliphatic carbocycles. The summed E-state index contributed by atoms with van der Waals surface area (Å²) in [5.74, 6) is 0.911. The van der Waals surface area contributed by atoms with Gasteiger partial charge in [-0.1, -0.05) is 29.8 Å². The first kappa shape index (κ1) is 20.7. The third-order valence-electron chi connectivity index (χ3n) is 4.74. The van der Waals surface area contributed by atoms with Gasteiger partial charge in [0.25, 0.3) is 0 Å². The monoisotopic (exact) mass is 418 g/mol. The Kier molecular flexibility index (Phi) is 7.74. The molecule has 3 rings (SSSR count). The van der Waals surface area contributed by atoms with E-state index in [-0.39, 0.29) is 5.91 Å². The van der Waals surface area contributed by atoms with Crippen molar-refractivity contribution < 1.29 is 4.79 Å². The van der Waals surface area contributed by atoms with Gasteiger partial charge in [0, 0.05) is 42.5 Å². The second-order valence-corrected chi connectivity index (χ2v) is 8.12. The third-order valence-corrected chi connectivity index (χ3v) is 6.14. The molecule has 1 aliphatic heterocycles. The minimum Gasteiger partial charge on any atom is -0.357 e. The molecule has 28 heavy (non-hydrogen) atoms. The standard InChI is InChI=1S/C21H27ClN4OS/c1-2-23-21(24-11-7-16-5-3-4-6-18(16)22)25-12-8-20(27)26-13-9-19-17(15-26)10-14-28-19/h3-6,10,14H,2,7-9,11-13,15H2,1H3,(H2,23,24,25). The van der Waals surface area contributed by atoms with Crippen LogP contribution in [0.5, 0.6) is 0 Å². The summed E-state index contributed by atoms with van der Waals surface area (Å²) in [4.78, 5) is 20.4. The fourth-order valence-corrected chi connectivity index (χ4v) is 4.36. The summed E-state index contributed by atoms with van der Waals surface area (Å²) in [6.07, 6.45) is 2.22. The number of fused-ring (bicyclic) bond motifs is 1. The number of hydrogen-bond acceptors (Lipinski definition) is 3. The number of nitrogens with one attached hydrogen (secondary N) is 2. The van der Waals surface area contributed by atoms with E-state index in [0.717, 1.165) is 55.6 Å². The van der Waals surface area contributed by atoms with Crippen LogP contribution in [0.25, 0.3) is 0 Å². The van der Waals surface area contributed by atoms with E-state index in [9.17, 15) is 4.79 Å². The third kappa shape index (κ3) is 5.72. The van der Waals surface area contributed by atoms with Crippen LogP contribution >= 0.6 is 22.9 Å². The molecule has 7 heteroatoms. The Bertz CT molecular complexity index is 820. The van der Waals surface area contributed by atoms with Crippen LogP contribution in [0, 0.1) is 0 Å². The Morgan fingerprint density at radius 2 is 2.14 bits per heavy atom. The molecule has 0 bridgehead atoms. The number of guanidine groups is 1. The molecule has 5 nitrogen and oxygen atoms in total. The quantitative estimate of drug-likeness (QED) is 0.534. The van der Waals surface area contributed by atoms with E-state index < -0.39 is 0 Å². The number of rotatable bonds is 7. The maximum absolute atomic E-state index is 12.5. The van der Waals surface area contributed by atoms with Crippen molar-refractivity contribution in [2.75, 3.05) is 26.2 Å². The molecule has 0 radical (unpaired) electrons. The van der Waals surface area contributed by atoms with Gasteiger partial charge in [0.15, 0.2) is 5.96 Å². The van der Waals surface area contributed by atoms with Crippen molar-refractivity contribution in [3.63, 3.8) is 0 Å². The molecule has 0 fully saturated rings. The maximum atomic E-state index is 12.5. The van der Waals surface area contributed by atoms with Crippen LogP contribution in [-0.4, -0.2) is 42.9 Å². The number of thiophene rings is 1. The summed E-state index contributed by atoms with van der Waals surface area (Å²) in [5, 5.41) is 9.44. The number of carbonyl (C=O) groups is 1. The molecule has 1 aliphatic rings. The van der Waals surface area contributed by atoms with Gasteiger partial charge < -0.3 is 15.5 Å². The highest BCUT2D eigenvalue weighted by Gasteiger charge is 2.20. The summed E-state index contributed by atoms with van der Waals surface area (Å²) < 4.78 is 0. The van der Waals surface area contributed by atoms with Gasteiger partial charge in [0.05, 0.1) is 6.54 Å². The minimum absolute atomic E-state index is 0.174. The summed E-state index contributed by atoms with van der Waals surface area (Å²) in [6, 6.07) is 9.99. The lowest BCUT2D eigenvalue weighted by Crippen LogP contribution is -2.39. The first-order valence-electron chi connectivity index (χ1n) is 9.76. The zero-order chi connectivity index (χ0) is 19.8. The van der Waals surface area contributed by atoms with Crippen molar-refractivity contribution in [1.82, 2.24) is 15.5 Å². The van der Waals surface area contributed by atoms with Gasteiger partial charge in [-0.15, -0.1) is 11.3 Å². The lowest BCUT2D eigenvalue weighted by molar-refractivity contribution is -0.131. The van der Waals surface area contributed by atoms with Crippen molar-refractivity contribution in [1.29, 1.82) is 0 Å². The topological polar surface area (TPSA) is 56.7 Å². The maximum Gasteiger partial charge on any atom is 0.224 e. The van der Waals surface area contributed by atoms with E-state index in [2.05, 4.69) is 27.1 Å². The number of carbonyl (C=O) groups excluding carboxylic acids is 1. The van der Waals surface area contributed by atoms with Crippen LogP contribution in [0.15, 0.2) is 40.7 Å². The average Bonchev–Trinajstić information content (AvgIpc) is 3.17. The highest BCUT2D eigenvalue weighted by molar-refractivity contribution is 7.10. The Labute approximate surface area is 175 Å². The Morgan fingerprint density at radius 3 is 2.96 bits per heavy atom. The molecule has 2 aromatic rings. The Morgan fingerprint density at radius 1 is 1.29 bits per heavy atom. The second-order valence-electron chi connectivity index (χ2n) is 6.71. The minimum atomic E-state index is 0.174. The molecule has 0 atom stereocenters. The predicted octanol–water partition coefficient (Wildman–Crippen LogP) is 3.47. The molecule has 2 N–H and O–H groups in total. The van der Waals surface area contributed by atoms with E-state index in [1.165, 1.54) is 10.4 Å². The first-order chi connectivity index (χ1) is 13.7. The van der Waals surface area contributed by atoms with Gasteiger partial charge in [-0.3, -0.25) is 9.79 Å². The zero-order valence-corrected chi connectivity index (χ0v) is 17.8. The van der Waals surface area contributed by atoms with Crippen LogP contribution < -0.4 is 10.6 Å². The molecule has 0 unspecified atom stereocenters. The summed E-state index contributed by atoms with van der Waals surface area (Å²) in [6.45, 7) is 5.56. The van der Waals surface area contributed by atoms with E-state index in [0.29, 0.717) is 13.0 Å². The molecule has 0 spiro atoms. The Hall–Kier alpha value is -2.05. The summed E-state index contributed by atoms with van der Waals surface area (Å²) in [5.41, 5.74) is 2.41. The SMILES string of the molecule is CCNC(=NCCC(=O)N1CCc2sccc2C1)NCCc1ccccc1Cl. The largest absolute Gasteiger partial charge is 0.357 e. The van der Waals surface area contributed by atoms with Gasteiger partial charge in [0.1, 0.15) is 0 Å². The van der Waals surface area contributed by atoms with Crippen LogP contribution in [-0.2, 0) is 24.2 Å². The second kappa shape index (κ2) is 10.5. The molecule has 150 valence electrons. The lowest BCUT2D eigenvalue weighted by Gasteiger charge is -2.26. The molecular formula is C21H27ClN4OS. The van der Waals surface area contributed by atoms with Gasteiger partial charge in [-0.2, -0.15) is 0 Å². The number of halogens is 1. The molecule has 0 saturated carbocycles. The highest BCUT2D eigenvalue weighted by atomic mass is 35.5. The highest BCUT2D eigenvalue weighted by Crippen LogP contribution is 2.24. The van der Waals surface area contributed by atoms with Crippen molar-refractivity contribution in [2.24, 2.45) is 4.99 Å². The zero-order valence-electron chi connectivity index (χ0n) is 16.2. The number of amides is 1. The van der Waals surface area contributed by atoms with Gasteiger partial charge in [-0.05, 0) is 48.4 Å². The van der Waals surface area contributed by atoms with Crippen molar-refractivity contribution in [2.45, 2.75) is 32.7 Å². The molecule has 2 heterocycles. The normalized spacial score (nSPS) is 13.9. The van der Waals surface area contributed by atoms with Gasteiger partial charge in [0.2, 0.25) is 5.91 Å². The smallest absolute Gasteiger partial charge is 0.224 e. The van der Waals surface area contributed by atoms with E-state index in [4.69, 9.17) is 11.6 Å². The fraction of sp³-hybridized carbons (Fsp3) is 0.429. The lowest BCUT2D eigenvalue weighted by atomic mass is 10.1. The van der Waals surface area contributed by atoms with Gasteiger partial charge in [-0.25, -0.2) is 0 Å². The first-order valence-corrected chi connectivity index (χ1v) is 11.0. The van der Waals surface area contributed by atoms with Crippen molar-refractivity contribution in [3.05, 3.63) is 56.7 Å². The molecular weight excluding hydrogens is 392 g/mol. The number of nitrogens with zero attached hydrogens (tertiary/aromatic N) is 2. The van der Waals surface area contributed by atoms with Crippen molar-refractivity contribution in [3.8, 4) is 0 Å². The fourth-order valence-electron chi connectivity index (χ4n) is 3.24. The summed E-state index contributed by atoms with van der Waals surface area (Å²) in [7, 11) is 0. The molecule has 0 saturated heterocycles. The number of hydrogen-bond donors (Lipinski definition) is 2. The summed E-state index contributed by atoms with van der Waals surface area (Å²) >= 11 is 7.99. The van der Waals surface area contributed by atoms with Gasteiger partial charge >= 0.3 is 0 Å². The Balaban J connectivity index is 1.45. The molecule has 1 amide bonds. The number of benzene rings is 1. The predicted molar refractivity (Wildman–Crippen MR) is 117 cm³/mol. The number of aliphatic imine (C=N–C) groups is 1. The van der Waals surface area contributed by atoms with Crippen molar-refractivity contribution >= 4 is 34.8 Å². The van der Waals surface area contributed by atoms with Crippen LogP contribution in [0.1, 0.15) is 29.3 Å². The van der Waals surface area contributed by atoms with E-state index in [1.807, 2.05) is 36.1 Å². The van der Waals surface area contributed by atoms with Crippen LogP contribution in [0.4, 0.5) is 0 Å². The van der Waals surface area contributed by atoms with E-state index >= 15 is 0 Å². The van der Waals surface area contributed by atoms with Crippen LogP contribution in [0.3, 0.4) is 0 Å². The molecule has 1 aromatic heterocycles. The molecule has 1 aromatic carbocycles. The van der Waals surface area contributed by atoms with E-state index in [1.54, 1.807) is 11.3 Å². The van der Waals surface area contributed by atoms with Crippen LogP contribution in [0.2, 0.25) is 5.02 Å². The average molecular weight is 419 g/mol.